The molecular formula is C42H42S8. The van der Waals surface area contributed by atoms with Crippen LogP contribution in [-0.4, -0.2) is 21.0 Å². The van der Waals surface area contributed by atoms with Crippen molar-refractivity contribution < 1.29 is 0 Å². The Morgan fingerprint density at radius 3 is 1.64 bits per heavy atom. The second-order valence-corrected chi connectivity index (χ2v) is 26.6. The first-order chi connectivity index (χ1) is 24.2. The van der Waals surface area contributed by atoms with Crippen molar-refractivity contribution in [3.8, 4) is 39.0 Å². The fourth-order valence-electron chi connectivity index (χ4n) is 11.3. The van der Waals surface area contributed by atoms with E-state index in [4.69, 9.17) is 0 Å². The molecule has 8 heterocycles. The number of hydrogen-bond acceptors (Lipinski definition) is 8. The molecule has 1 saturated carbocycles. The van der Waals surface area contributed by atoms with Gasteiger partial charge in [0.15, 0.2) is 0 Å². The Kier molecular flexibility index (Phi) is 7.06. The standard InChI is InChI=1S/C42H42S8/c1-15-7-21-17(3)23-9-29(45-37(23)35(21)43-15)31-11-25-19(5)27-13-33(49-41(27)39(25)47-31)34-14-28-20(6)26-12-32(48-40(26)42(28)50-34)30-10-24-18(4)22-8-16(2)44-36(22)38(24)46-30/h9,11-22,24,30,35-36,38H,7-8,10H2,1-6H3. The Balaban J connectivity index is 0.825. The van der Waals surface area contributed by atoms with Crippen molar-refractivity contribution in [2.45, 2.75) is 110 Å². The van der Waals surface area contributed by atoms with E-state index in [9.17, 15) is 0 Å². The maximum atomic E-state index is 2.65. The van der Waals surface area contributed by atoms with Crippen LogP contribution in [0.2, 0.25) is 0 Å². The van der Waals surface area contributed by atoms with Crippen LogP contribution in [0.4, 0.5) is 0 Å². The first-order valence-corrected chi connectivity index (χ1v) is 25.8. The van der Waals surface area contributed by atoms with E-state index in [1.54, 1.807) is 57.1 Å². The zero-order chi connectivity index (χ0) is 33.5. The molecule has 0 aromatic carbocycles. The Labute approximate surface area is 329 Å². The summed E-state index contributed by atoms with van der Waals surface area (Å²) < 4.78 is 0. The third-order valence-electron chi connectivity index (χ3n) is 14.0. The summed E-state index contributed by atoms with van der Waals surface area (Å²) >= 11 is 17.4. The fourth-order valence-corrected chi connectivity index (χ4v) is 24.4. The van der Waals surface area contributed by atoms with Gasteiger partial charge in [-0.3, -0.25) is 0 Å². The van der Waals surface area contributed by atoms with Gasteiger partial charge in [-0.1, -0.05) is 41.5 Å². The van der Waals surface area contributed by atoms with Crippen molar-refractivity contribution in [1.29, 1.82) is 0 Å². The molecule has 0 spiro atoms. The lowest BCUT2D eigenvalue weighted by molar-refractivity contribution is 0.326. The molecule has 0 nitrogen and oxygen atoms in total. The first kappa shape index (κ1) is 31.9. The van der Waals surface area contributed by atoms with Crippen LogP contribution in [0.25, 0.3) is 39.0 Å². The third kappa shape index (κ3) is 4.26. The molecule has 12 rings (SSSR count). The van der Waals surface area contributed by atoms with Gasteiger partial charge in [-0.2, -0.15) is 11.8 Å². The van der Waals surface area contributed by atoms with Crippen LogP contribution in [0, 0.1) is 23.7 Å². The number of rotatable bonds is 3. The number of thioether (sulfide) groups is 3. The molecule has 0 amide bonds. The minimum absolute atomic E-state index is 0.487. The van der Waals surface area contributed by atoms with Gasteiger partial charge in [-0.25, -0.2) is 0 Å². The molecule has 13 atom stereocenters. The molecule has 13 unspecified atom stereocenters. The lowest BCUT2D eigenvalue weighted by Gasteiger charge is -2.19. The Bertz CT molecular complexity index is 2220. The highest BCUT2D eigenvalue weighted by Crippen LogP contribution is 2.67. The lowest BCUT2D eigenvalue weighted by atomic mass is 9.86. The normalized spacial score (nSPS) is 38.3. The molecule has 5 aromatic heterocycles. The van der Waals surface area contributed by atoms with Gasteiger partial charge < -0.3 is 0 Å². The fraction of sp³-hybridized carbons (Fsp3) is 0.524. The van der Waals surface area contributed by atoms with Crippen molar-refractivity contribution in [3.63, 3.8) is 0 Å². The van der Waals surface area contributed by atoms with Gasteiger partial charge in [-0.05, 0) is 107 Å². The quantitative estimate of drug-likeness (QED) is 0.178. The van der Waals surface area contributed by atoms with Crippen molar-refractivity contribution in [2.24, 2.45) is 23.7 Å². The molecule has 7 aliphatic rings. The molecule has 5 aromatic rings. The summed E-state index contributed by atoms with van der Waals surface area (Å²) in [6.07, 6.45) is 4.26. The Morgan fingerprint density at radius 2 is 0.980 bits per heavy atom. The van der Waals surface area contributed by atoms with Crippen LogP contribution in [0.1, 0.15) is 127 Å². The second-order valence-electron chi connectivity index (χ2n) is 16.7. The van der Waals surface area contributed by atoms with E-state index in [1.807, 2.05) is 0 Å². The van der Waals surface area contributed by atoms with Crippen LogP contribution in [0.3, 0.4) is 0 Å². The molecule has 8 heteroatoms. The predicted octanol–water partition coefficient (Wildman–Crippen LogP) is 15.2. The summed E-state index contributed by atoms with van der Waals surface area (Å²) in [5, 5.41) is 4.92. The van der Waals surface area contributed by atoms with Gasteiger partial charge in [0.2, 0.25) is 0 Å². The summed E-state index contributed by atoms with van der Waals surface area (Å²) in [6, 6.07) is 12.9. The predicted molar refractivity (Wildman–Crippen MR) is 229 cm³/mol. The molecule has 4 aliphatic carbocycles. The van der Waals surface area contributed by atoms with E-state index < -0.39 is 0 Å². The molecule has 50 heavy (non-hydrogen) atoms. The van der Waals surface area contributed by atoms with Crippen LogP contribution in [0.5, 0.6) is 0 Å². The van der Waals surface area contributed by atoms with Crippen molar-refractivity contribution in [3.05, 3.63) is 67.9 Å². The third-order valence-corrected chi connectivity index (χ3v) is 26.0. The second kappa shape index (κ2) is 11.1. The van der Waals surface area contributed by atoms with E-state index in [1.165, 1.54) is 38.8 Å². The highest BCUT2D eigenvalue weighted by atomic mass is 32.2. The lowest BCUT2D eigenvalue weighted by Crippen LogP contribution is -2.16. The van der Waals surface area contributed by atoms with Gasteiger partial charge in [0, 0.05) is 92.1 Å². The molecule has 0 radical (unpaired) electrons. The van der Waals surface area contributed by atoms with Crippen molar-refractivity contribution in [2.75, 3.05) is 0 Å². The summed E-state index contributed by atoms with van der Waals surface area (Å²) in [4.78, 5) is 15.6. The molecule has 3 aliphatic heterocycles. The highest BCUT2D eigenvalue weighted by molar-refractivity contribution is 8.04. The smallest absolute Gasteiger partial charge is 0.0490 e. The van der Waals surface area contributed by atoms with E-state index in [-0.39, 0.29) is 0 Å². The molecule has 0 N–H and O–H groups in total. The van der Waals surface area contributed by atoms with Gasteiger partial charge in [0.05, 0.1) is 0 Å². The van der Waals surface area contributed by atoms with Gasteiger partial charge in [0.25, 0.3) is 0 Å². The Morgan fingerprint density at radius 1 is 0.480 bits per heavy atom. The first-order valence-electron chi connectivity index (χ1n) is 18.9. The monoisotopic (exact) mass is 802 g/mol. The molecule has 0 bridgehead atoms. The van der Waals surface area contributed by atoms with E-state index in [0.717, 1.165) is 55.8 Å². The highest BCUT2D eigenvalue weighted by Gasteiger charge is 2.57. The Hall–Kier alpha value is -0.450. The van der Waals surface area contributed by atoms with Gasteiger partial charge in [-0.15, -0.1) is 80.2 Å². The van der Waals surface area contributed by atoms with Crippen LogP contribution < -0.4 is 0 Å². The van der Waals surface area contributed by atoms with Gasteiger partial charge >= 0.3 is 0 Å². The average Bonchev–Trinajstić information content (AvgIpc) is 3.93. The number of thiophene rings is 5. The van der Waals surface area contributed by atoms with E-state index >= 15 is 0 Å². The summed E-state index contributed by atoms with van der Waals surface area (Å²) in [6.45, 7) is 14.9. The average molecular weight is 803 g/mol. The van der Waals surface area contributed by atoms with Crippen LogP contribution >= 0.6 is 92.0 Å². The van der Waals surface area contributed by atoms with Gasteiger partial charge in [0.1, 0.15) is 0 Å². The SMILES string of the molecule is CC1CC2C(C)c3cc(-c4cc5c(s4)-c4sc(-c6cc7c(s6)-c6sc(C8CC9C(C)C%10CC(C)SC%10C9S8)cc6C7C)cc4C5C)sc3C2S1. The van der Waals surface area contributed by atoms with Crippen molar-refractivity contribution in [1.82, 2.24) is 0 Å². The van der Waals surface area contributed by atoms with Crippen LogP contribution in [-0.2, 0) is 0 Å². The summed E-state index contributed by atoms with van der Waals surface area (Å²) in [7, 11) is 0. The molecule has 3 saturated heterocycles. The topological polar surface area (TPSA) is 0 Å². The number of hydrogen-bond donors (Lipinski definition) is 0. The maximum absolute atomic E-state index is 2.65. The zero-order valence-electron chi connectivity index (χ0n) is 29.3. The van der Waals surface area contributed by atoms with E-state index in [0.29, 0.717) is 17.1 Å². The summed E-state index contributed by atoms with van der Waals surface area (Å²) in [5.41, 5.74) is 8.00. The molecule has 258 valence electrons. The largest absolute Gasteiger partial charge is 0.154 e. The number of fused-ring (bicyclic) bond motifs is 12. The summed E-state index contributed by atoms with van der Waals surface area (Å²) in [5.74, 6) is 5.40. The van der Waals surface area contributed by atoms with Crippen molar-refractivity contribution >= 4 is 92.0 Å². The molecular weight excluding hydrogens is 761 g/mol. The minimum Gasteiger partial charge on any atom is -0.154 e. The molecule has 4 fully saturated rings. The van der Waals surface area contributed by atoms with E-state index in [2.05, 4.69) is 164 Å². The minimum atomic E-state index is 0.487. The van der Waals surface area contributed by atoms with Crippen LogP contribution in [0.15, 0.2) is 30.3 Å². The maximum Gasteiger partial charge on any atom is 0.0490 e. The zero-order valence-corrected chi connectivity index (χ0v) is 35.8.